The maximum Gasteiger partial charge on any atom is 0.281 e. The molecular weight excluding hydrogens is 320 g/mol. The molecule has 1 heterocycles. The summed E-state index contributed by atoms with van der Waals surface area (Å²) in [6, 6.07) is 0. The van der Waals surface area contributed by atoms with E-state index in [-0.39, 0.29) is 17.9 Å². The summed E-state index contributed by atoms with van der Waals surface area (Å²) in [6.07, 6.45) is 5.73. The third kappa shape index (κ3) is 3.06. The van der Waals surface area contributed by atoms with E-state index in [2.05, 4.69) is 21.0 Å². The monoisotopic (exact) mass is 336 g/mol. The van der Waals surface area contributed by atoms with Gasteiger partial charge in [-0.3, -0.25) is 14.6 Å². The fourth-order valence-corrected chi connectivity index (χ4v) is 3.52. The van der Waals surface area contributed by atoms with Crippen LogP contribution in [-0.4, -0.2) is 30.2 Å². The Bertz CT molecular complexity index is 582. The zero-order valence-electron chi connectivity index (χ0n) is 10.3. The van der Waals surface area contributed by atoms with E-state index in [9.17, 15) is 13.2 Å². The van der Waals surface area contributed by atoms with Crippen LogP contribution >= 0.6 is 15.9 Å². The van der Waals surface area contributed by atoms with Crippen LogP contribution in [0, 0.1) is 0 Å². The summed E-state index contributed by atoms with van der Waals surface area (Å²) in [5.41, 5.74) is 0.756. The Kier molecular flexibility index (Phi) is 4.01. The molecule has 0 amide bonds. The summed E-state index contributed by atoms with van der Waals surface area (Å²) in [7, 11) is -3.06. The van der Waals surface area contributed by atoms with Gasteiger partial charge in [0.05, 0.1) is 18.0 Å². The molecule has 1 saturated carbocycles. The van der Waals surface area contributed by atoms with Crippen molar-refractivity contribution in [1.82, 2.24) is 9.78 Å². The van der Waals surface area contributed by atoms with E-state index in [1.807, 2.05) is 0 Å². The van der Waals surface area contributed by atoms with E-state index < -0.39 is 9.84 Å². The number of nitrogens with zero attached hydrogens (tertiary/aromatic N) is 1. The number of halogens is 1. The number of nitrogens with one attached hydrogen (secondary N) is 1. The van der Waals surface area contributed by atoms with Crippen molar-refractivity contribution in [3.63, 3.8) is 0 Å². The average Bonchev–Trinajstić information content (AvgIpc) is 2.87. The lowest BCUT2D eigenvalue weighted by atomic mass is 10.1. The second-order valence-electron chi connectivity index (χ2n) is 4.91. The summed E-state index contributed by atoms with van der Waals surface area (Å²) < 4.78 is 24.2. The molecule has 0 unspecified atom stereocenters. The molecule has 1 aliphatic carbocycles. The summed E-state index contributed by atoms with van der Waals surface area (Å²) in [5.74, 6) is 0.371. The van der Waals surface area contributed by atoms with Gasteiger partial charge < -0.3 is 0 Å². The zero-order valence-corrected chi connectivity index (χ0v) is 12.7. The minimum atomic E-state index is -3.06. The molecule has 1 aromatic heterocycles. The minimum Gasteiger partial charge on any atom is -0.298 e. The number of aromatic nitrogens is 2. The summed E-state index contributed by atoms with van der Waals surface area (Å²) in [5, 5.41) is 3.06. The topological polar surface area (TPSA) is 71.9 Å². The first-order valence-corrected chi connectivity index (χ1v) is 8.90. The van der Waals surface area contributed by atoms with Gasteiger partial charge in [-0.25, -0.2) is 8.42 Å². The molecule has 0 bridgehead atoms. The molecule has 0 aliphatic heterocycles. The van der Waals surface area contributed by atoms with Gasteiger partial charge in [0.25, 0.3) is 5.56 Å². The van der Waals surface area contributed by atoms with E-state index in [1.54, 1.807) is 0 Å². The molecule has 0 spiro atoms. The van der Waals surface area contributed by atoms with Crippen molar-refractivity contribution < 1.29 is 8.42 Å². The predicted molar refractivity (Wildman–Crippen MR) is 73.7 cm³/mol. The lowest BCUT2D eigenvalue weighted by Gasteiger charge is -2.06. The number of aryl methyl sites for hydroxylation is 1. The first-order valence-electron chi connectivity index (χ1n) is 6.04. The van der Waals surface area contributed by atoms with Crippen LogP contribution in [-0.2, 0) is 16.4 Å². The van der Waals surface area contributed by atoms with Gasteiger partial charge in [0.1, 0.15) is 14.3 Å². The highest BCUT2D eigenvalue weighted by Gasteiger charge is 2.23. The Morgan fingerprint density at radius 2 is 2.00 bits per heavy atom. The number of aromatic amines is 1. The van der Waals surface area contributed by atoms with Crippen LogP contribution in [0.4, 0.5) is 0 Å². The normalized spacial score (nSPS) is 17.4. The molecule has 1 aromatic rings. The molecule has 2 rings (SSSR count). The van der Waals surface area contributed by atoms with E-state index in [4.69, 9.17) is 0 Å². The molecule has 7 heteroatoms. The van der Waals surface area contributed by atoms with Crippen molar-refractivity contribution in [2.75, 3.05) is 12.0 Å². The number of H-pyrrole nitrogens is 1. The first kappa shape index (κ1) is 13.9. The van der Waals surface area contributed by atoms with Crippen molar-refractivity contribution in [1.29, 1.82) is 0 Å². The quantitative estimate of drug-likeness (QED) is 0.908. The van der Waals surface area contributed by atoms with E-state index in [0.717, 1.165) is 18.5 Å². The van der Waals surface area contributed by atoms with Crippen molar-refractivity contribution in [2.24, 2.45) is 0 Å². The van der Waals surface area contributed by atoms with Gasteiger partial charge in [0, 0.05) is 12.2 Å². The Morgan fingerprint density at radius 3 is 2.56 bits per heavy atom. The van der Waals surface area contributed by atoms with Crippen LogP contribution in [0.2, 0.25) is 0 Å². The van der Waals surface area contributed by atoms with Crippen molar-refractivity contribution >= 4 is 25.8 Å². The van der Waals surface area contributed by atoms with Crippen LogP contribution in [0.15, 0.2) is 9.27 Å². The maximum absolute atomic E-state index is 12.0. The molecule has 0 radical (unpaired) electrons. The van der Waals surface area contributed by atoms with Gasteiger partial charge >= 0.3 is 0 Å². The molecule has 0 aromatic carbocycles. The van der Waals surface area contributed by atoms with E-state index in [1.165, 1.54) is 23.8 Å². The standard InChI is InChI=1S/C11H17BrN2O3S/c1-18(16,17)7-6-14-11(15)9(12)10(13-14)8-4-2-3-5-8/h8,13H,2-7H2,1H3. The Balaban J connectivity index is 2.22. The molecule has 102 valence electrons. The second kappa shape index (κ2) is 5.21. The van der Waals surface area contributed by atoms with Gasteiger partial charge in [0.15, 0.2) is 0 Å². The molecule has 0 saturated heterocycles. The van der Waals surface area contributed by atoms with Gasteiger partial charge in [-0.1, -0.05) is 12.8 Å². The van der Waals surface area contributed by atoms with E-state index >= 15 is 0 Å². The fourth-order valence-electron chi connectivity index (χ4n) is 2.38. The van der Waals surface area contributed by atoms with Crippen LogP contribution in [0.25, 0.3) is 0 Å². The number of rotatable bonds is 4. The van der Waals surface area contributed by atoms with Crippen LogP contribution in [0.3, 0.4) is 0 Å². The van der Waals surface area contributed by atoms with Gasteiger partial charge in [-0.2, -0.15) is 0 Å². The van der Waals surface area contributed by atoms with Crippen LogP contribution in [0.1, 0.15) is 37.3 Å². The summed E-state index contributed by atoms with van der Waals surface area (Å²) in [6.45, 7) is 0.184. The Hall–Kier alpha value is -0.560. The van der Waals surface area contributed by atoms with Gasteiger partial charge in [-0.05, 0) is 28.8 Å². The molecule has 1 fully saturated rings. The second-order valence-corrected chi connectivity index (χ2v) is 7.96. The summed E-state index contributed by atoms with van der Waals surface area (Å²) >= 11 is 3.32. The third-order valence-corrected chi connectivity index (χ3v) is 5.06. The predicted octanol–water partition coefficient (Wildman–Crippen LogP) is 1.64. The zero-order chi connectivity index (χ0) is 13.3. The number of sulfone groups is 1. The van der Waals surface area contributed by atoms with E-state index in [0.29, 0.717) is 10.4 Å². The smallest absolute Gasteiger partial charge is 0.281 e. The highest BCUT2D eigenvalue weighted by molar-refractivity contribution is 9.10. The largest absolute Gasteiger partial charge is 0.298 e. The molecule has 5 nitrogen and oxygen atoms in total. The number of hydrogen-bond donors (Lipinski definition) is 1. The van der Waals surface area contributed by atoms with Gasteiger partial charge in [0.2, 0.25) is 0 Å². The highest BCUT2D eigenvalue weighted by Crippen LogP contribution is 2.35. The molecular formula is C11H17BrN2O3S. The lowest BCUT2D eigenvalue weighted by molar-refractivity contribution is 0.573. The molecule has 0 atom stereocenters. The fraction of sp³-hybridized carbons (Fsp3) is 0.727. The summed E-state index contributed by atoms with van der Waals surface area (Å²) in [4.78, 5) is 12.0. The lowest BCUT2D eigenvalue weighted by Crippen LogP contribution is -2.21. The van der Waals surface area contributed by atoms with Crippen LogP contribution < -0.4 is 5.56 Å². The minimum absolute atomic E-state index is 0.0238. The first-order chi connectivity index (χ1) is 8.38. The van der Waals surface area contributed by atoms with Gasteiger partial charge in [-0.15, -0.1) is 0 Å². The highest BCUT2D eigenvalue weighted by atomic mass is 79.9. The Morgan fingerprint density at radius 1 is 1.39 bits per heavy atom. The number of hydrogen-bond acceptors (Lipinski definition) is 3. The molecule has 1 aliphatic rings. The average molecular weight is 337 g/mol. The maximum atomic E-state index is 12.0. The van der Waals surface area contributed by atoms with Crippen molar-refractivity contribution in [3.8, 4) is 0 Å². The SMILES string of the molecule is CS(=O)(=O)CCn1[nH]c(C2CCCC2)c(Br)c1=O. The van der Waals surface area contributed by atoms with Crippen molar-refractivity contribution in [2.45, 2.75) is 38.1 Å². The van der Waals surface area contributed by atoms with Crippen LogP contribution in [0.5, 0.6) is 0 Å². The molecule has 18 heavy (non-hydrogen) atoms. The third-order valence-electron chi connectivity index (χ3n) is 3.37. The Labute approximate surface area is 115 Å². The molecule has 1 N–H and O–H groups in total. The van der Waals surface area contributed by atoms with Crippen molar-refractivity contribution in [3.05, 3.63) is 20.5 Å².